The van der Waals surface area contributed by atoms with E-state index in [4.69, 9.17) is 5.11 Å². The largest absolute Gasteiger partial charge is 0.481 e. The minimum atomic E-state index is -0.708. The Morgan fingerprint density at radius 3 is 2.44 bits per heavy atom. The number of carbonyl (C=O) groups is 2. The van der Waals surface area contributed by atoms with E-state index in [-0.39, 0.29) is 24.2 Å². The van der Waals surface area contributed by atoms with Crippen LogP contribution in [0.1, 0.15) is 77.6 Å². The van der Waals surface area contributed by atoms with Gasteiger partial charge >= 0.3 is 11.9 Å². The van der Waals surface area contributed by atoms with Crippen LogP contribution in [0.15, 0.2) is 24.3 Å². The molecule has 3 atom stereocenters. The molecule has 1 aliphatic carbocycles. The molecular weight excluding hydrogens is 316 g/mol. The lowest BCUT2D eigenvalue weighted by Gasteiger charge is -2.27. The molecule has 0 radical (unpaired) electrons. The van der Waals surface area contributed by atoms with Crippen molar-refractivity contribution in [1.29, 1.82) is 0 Å². The summed E-state index contributed by atoms with van der Waals surface area (Å²) < 4.78 is 0. The van der Waals surface area contributed by atoms with Crippen LogP contribution in [0.3, 0.4) is 0 Å². The average molecular weight is 350 g/mol. The zero-order chi connectivity index (χ0) is 18.5. The summed E-state index contributed by atoms with van der Waals surface area (Å²) >= 11 is 0. The molecule has 1 rings (SSSR count). The minimum absolute atomic E-state index is 0.188. The van der Waals surface area contributed by atoms with E-state index >= 15 is 0 Å². The van der Waals surface area contributed by atoms with Gasteiger partial charge in [0.25, 0.3) is 0 Å². The third kappa shape index (κ3) is 9.47. The fourth-order valence-electron chi connectivity index (χ4n) is 3.47. The lowest BCUT2D eigenvalue weighted by atomic mass is 9.76. The van der Waals surface area contributed by atoms with Crippen molar-refractivity contribution in [3.63, 3.8) is 0 Å². The Bertz CT molecular complexity index is 453. The molecule has 25 heavy (non-hydrogen) atoms. The van der Waals surface area contributed by atoms with Crippen molar-refractivity contribution < 1.29 is 19.8 Å². The van der Waals surface area contributed by atoms with Gasteiger partial charge in [-0.05, 0) is 43.9 Å². The summed E-state index contributed by atoms with van der Waals surface area (Å²) in [7, 11) is 0. The van der Waals surface area contributed by atoms with Gasteiger partial charge in [-0.1, -0.05) is 63.3 Å². The van der Waals surface area contributed by atoms with Crippen molar-refractivity contribution in [2.75, 3.05) is 0 Å². The van der Waals surface area contributed by atoms with Crippen molar-refractivity contribution in [3.8, 4) is 0 Å². The first-order valence-electron chi connectivity index (χ1n) is 9.84. The fraction of sp³-hybridized carbons (Fsp3) is 0.714. The summed E-state index contributed by atoms with van der Waals surface area (Å²) in [5.41, 5.74) is 0. The van der Waals surface area contributed by atoms with Crippen LogP contribution >= 0.6 is 0 Å². The first kappa shape index (κ1) is 21.5. The van der Waals surface area contributed by atoms with Crippen molar-refractivity contribution in [1.82, 2.24) is 0 Å². The molecule has 3 unspecified atom stereocenters. The Morgan fingerprint density at radius 2 is 1.76 bits per heavy atom. The summed E-state index contributed by atoms with van der Waals surface area (Å²) in [5.74, 6) is -1.19. The first-order valence-corrected chi connectivity index (χ1v) is 9.84. The van der Waals surface area contributed by atoms with E-state index in [2.05, 4.69) is 31.2 Å². The number of unbranched alkanes of at least 4 members (excludes halogenated alkanes) is 6. The molecule has 2 N–H and O–H groups in total. The maximum absolute atomic E-state index is 11.5. The molecule has 0 saturated carbocycles. The second kappa shape index (κ2) is 12.7. The van der Waals surface area contributed by atoms with Gasteiger partial charge in [0, 0.05) is 6.42 Å². The van der Waals surface area contributed by atoms with Crippen LogP contribution in [0.2, 0.25) is 0 Å². The minimum Gasteiger partial charge on any atom is -0.481 e. The number of aliphatic carboxylic acids is 2. The summed E-state index contributed by atoms with van der Waals surface area (Å²) in [6, 6.07) is 0. The fourth-order valence-corrected chi connectivity index (χ4v) is 3.47. The second-order valence-corrected chi connectivity index (χ2v) is 7.16. The third-order valence-electron chi connectivity index (χ3n) is 5.00. The Hall–Kier alpha value is -1.58. The van der Waals surface area contributed by atoms with Crippen LogP contribution < -0.4 is 0 Å². The summed E-state index contributed by atoms with van der Waals surface area (Å²) in [6.45, 7) is 2.14. The predicted molar refractivity (Wildman–Crippen MR) is 100 cm³/mol. The number of carboxylic acids is 2. The normalized spacial score (nSPS) is 23.2. The zero-order valence-corrected chi connectivity index (χ0v) is 15.5. The van der Waals surface area contributed by atoms with E-state index in [0.717, 1.165) is 57.8 Å². The molecule has 0 spiro atoms. The van der Waals surface area contributed by atoms with Crippen LogP contribution in [-0.4, -0.2) is 22.2 Å². The van der Waals surface area contributed by atoms with E-state index in [1.54, 1.807) is 0 Å². The van der Waals surface area contributed by atoms with Crippen LogP contribution in [-0.2, 0) is 9.59 Å². The van der Waals surface area contributed by atoms with E-state index in [0.29, 0.717) is 6.42 Å². The maximum Gasteiger partial charge on any atom is 0.307 e. The van der Waals surface area contributed by atoms with Gasteiger partial charge in [-0.25, -0.2) is 0 Å². The van der Waals surface area contributed by atoms with Crippen molar-refractivity contribution >= 4 is 11.9 Å². The van der Waals surface area contributed by atoms with E-state index in [1.807, 2.05) is 0 Å². The second-order valence-electron chi connectivity index (χ2n) is 7.16. The Labute approximate surface area is 152 Å². The Kier molecular flexibility index (Phi) is 10.9. The molecule has 0 aliphatic heterocycles. The highest BCUT2D eigenvalue weighted by Gasteiger charge is 2.30. The molecule has 4 nitrogen and oxygen atoms in total. The van der Waals surface area contributed by atoms with Crippen molar-refractivity contribution in [2.24, 2.45) is 17.8 Å². The molecule has 0 amide bonds. The molecule has 1 aliphatic rings. The smallest absolute Gasteiger partial charge is 0.307 e. The Balaban J connectivity index is 2.24. The van der Waals surface area contributed by atoms with Gasteiger partial charge in [0.2, 0.25) is 0 Å². The topological polar surface area (TPSA) is 74.6 Å². The molecule has 0 heterocycles. The van der Waals surface area contributed by atoms with Crippen LogP contribution in [0.4, 0.5) is 0 Å². The number of hydrogen-bond acceptors (Lipinski definition) is 2. The summed E-state index contributed by atoms with van der Waals surface area (Å²) in [4.78, 5) is 21.9. The molecule has 0 fully saturated rings. The molecular formula is C21H34O4. The molecule has 0 bridgehead atoms. The van der Waals surface area contributed by atoms with Gasteiger partial charge in [0.05, 0.1) is 5.92 Å². The number of allylic oxidation sites excluding steroid dienone is 4. The number of carboxylic acid groups (broad SMARTS) is 2. The Morgan fingerprint density at radius 1 is 1.04 bits per heavy atom. The van der Waals surface area contributed by atoms with Crippen molar-refractivity contribution in [2.45, 2.75) is 77.6 Å². The SMILES string of the molecule is CCCCC1C=CC(C=CCCCCCCCC(=O)O)CC1C(=O)O. The molecule has 0 aromatic rings. The number of rotatable bonds is 13. The average Bonchev–Trinajstić information content (AvgIpc) is 2.58. The standard InChI is InChI=1S/C21H34O4/c1-2-3-12-18-15-14-17(16-19(18)21(24)25)11-9-7-5-4-6-8-10-13-20(22)23/h9,11,14-15,17-19H,2-8,10,12-13,16H2,1H3,(H,22,23)(H,24,25). The highest BCUT2D eigenvalue weighted by atomic mass is 16.4. The highest BCUT2D eigenvalue weighted by molar-refractivity contribution is 5.71. The van der Waals surface area contributed by atoms with E-state index < -0.39 is 11.9 Å². The monoisotopic (exact) mass is 350 g/mol. The molecule has 0 aromatic carbocycles. The highest BCUT2D eigenvalue weighted by Crippen LogP contribution is 2.32. The van der Waals surface area contributed by atoms with E-state index in [9.17, 15) is 14.7 Å². The van der Waals surface area contributed by atoms with Gasteiger partial charge < -0.3 is 10.2 Å². The van der Waals surface area contributed by atoms with Gasteiger partial charge in [-0.3, -0.25) is 9.59 Å². The predicted octanol–water partition coefficient (Wildman–Crippen LogP) is 5.44. The van der Waals surface area contributed by atoms with Gasteiger partial charge in [-0.15, -0.1) is 0 Å². The lowest BCUT2D eigenvalue weighted by molar-refractivity contribution is -0.144. The van der Waals surface area contributed by atoms with Crippen LogP contribution in [0.25, 0.3) is 0 Å². The van der Waals surface area contributed by atoms with Crippen molar-refractivity contribution in [3.05, 3.63) is 24.3 Å². The van der Waals surface area contributed by atoms with Crippen LogP contribution in [0.5, 0.6) is 0 Å². The molecule has 0 saturated heterocycles. The van der Waals surface area contributed by atoms with Gasteiger partial charge in [-0.2, -0.15) is 0 Å². The maximum atomic E-state index is 11.5. The van der Waals surface area contributed by atoms with E-state index in [1.165, 1.54) is 0 Å². The number of hydrogen-bond donors (Lipinski definition) is 2. The molecule has 4 heteroatoms. The first-order chi connectivity index (χ1) is 12.0. The zero-order valence-electron chi connectivity index (χ0n) is 15.5. The summed E-state index contributed by atoms with van der Waals surface area (Å²) in [6.07, 6.45) is 18.9. The molecule has 0 aromatic heterocycles. The molecule has 142 valence electrons. The summed E-state index contributed by atoms with van der Waals surface area (Å²) in [5, 5.41) is 18.0. The van der Waals surface area contributed by atoms with Crippen LogP contribution in [0, 0.1) is 17.8 Å². The lowest BCUT2D eigenvalue weighted by Crippen LogP contribution is -2.27. The van der Waals surface area contributed by atoms with Gasteiger partial charge in [0.1, 0.15) is 0 Å². The quantitative estimate of drug-likeness (QED) is 0.342. The van der Waals surface area contributed by atoms with Gasteiger partial charge in [0.15, 0.2) is 0 Å². The third-order valence-corrected chi connectivity index (χ3v) is 5.00.